The molecule has 0 bridgehead atoms. The number of benzene rings is 1. The number of hydrogen-bond donors (Lipinski definition) is 1. The highest BCUT2D eigenvalue weighted by Gasteiger charge is 2.14. The zero-order valence-corrected chi connectivity index (χ0v) is 13.3. The molecule has 4 nitrogen and oxygen atoms in total. The molecule has 0 spiro atoms. The summed E-state index contributed by atoms with van der Waals surface area (Å²) >= 11 is 0. The number of H-pyrrole nitrogens is 1. The Morgan fingerprint density at radius 2 is 1.95 bits per heavy atom. The predicted octanol–water partition coefficient (Wildman–Crippen LogP) is 3.61. The number of aromatic nitrogens is 2. The number of nitrogens with one attached hydrogen (secondary N) is 1. The van der Waals surface area contributed by atoms with Gasteiger partial charge in [-0.25, -0.2) is 9.07 Å². The van der Waals surface area contributed by atoms with Crippen LogP contribution in [0.3, 0.4) is 0 Å². The van der Waals surface area contributed by atoms with Crippen molar-refractivity contribution in [1.82, 2.24) is 9.78 Å². The number of rotatable bonds is 6. The number of unbranched alkanes of at least 4 members (excludes halogenated alkanes) is 2. The van der Waals surface area contributed by atoms with E-state index < -0.39 is 0 Å². The Hall–Kier alpha value is -2.17. The Balaban J connectivity index is 2.31. The number of nitrogens with zero attached hydrogens (tertiary/aromatic N) is 2. The molecule has 5 heteroatoms. The summed E-state index contributed by atoms with van der Waals surface area (Å²) in [5.74, 6) is -0.325. The summed E-state index contributed by atoms with van der Waals surface area (Å²) in [6.07, 6.45) is 3.32. The van der Waals surface area contributed by atoms with E-state index in [0.29, 0.717) is 11.3 Å². The van der Waals surface area contributed by atoms with Crippen molar-refractivity contribution >= 4 is 5.71 Å². The van der Waals surface area contributed by atoms with Crippen LogP contribution in [-0.2, 0) is 0 Å². The Labute approximate surface area is 129 Å². The first-order chi connectivity index (χ1) is 10.5. The number of aromatic amines is 1. The second-order valence-electron chi connectivity index (χ2n) is 5.40. The van der Waals surface area contributed by atoms with Crippen molar-refractivity contribution in [1.29, 1.82) is 0 Å². The predicted molar refractivity (Wildman–Crippen MR) is 87.7 cm³/mol. The summed E-state index contributed by atoms with van der Waals surface area (Å²) < 4.78 is 14.4. The van der Waals surface area contributed by atoms with Crippen LogP contribution in [0.15, 0.2) is 34.1 Å². The highest BCUT2D eigenvalue weighted by atomic mass is 19.1. The van der Waals surface area contributed by atoms with Crippen LogP contribution in [0.4, 0.5) is 4.39 Å². The first kappa shape index (κ1) is 16.2. The van der Waals surface area contributed by atoms with Crippen molar-refractivity contribution in [2.45, 2.75) is 40.0 Å². The molecule has 118 valence electrons. The summed E-state index contributed by atoms with van der Waals surface area (Å²) in [6.45, 7) is 6.59. The van der Waals surface area contributed by atoms with Crippen LogP contribution in [0.5, 0.6) is 0 Å². The van der Waals surface area contributed by atoms with Gasteiger partial charge in [0.15, 0.2) is 0 Å². The van der Waals surface area contributed by atoms with Gasteiger partial charge in [-0.1, -0.05) is 19.8 Å². The lowest BCUT2D eigenvalue weighted by molar-refractivity contribution is 0.627. The molecular formula is C17H22FN3O. The summed E-state index contributed by atoms with van der Waals surface area (Å²) in [6, 6.07) is 5.82. The van der Waals surface area contributed by atoms with E-state index in [1.54, 1.807) is 12.1 Å². The topological polar surface area (TPSA) is 50.1 Å². The van der Waals surface area contributed by atoms with Gasteiger partial charge < -0.3 is 0 Å². The molecule has 1 aromatic heterocycles. The third-order valence-corrected chi connectivity index (χ3v) is 3.63. The lowest BCUT2D eigenvalue weighted by Crippen LogP contribution is -2.19. The van der Waals surface area contributed by atoms with E-state index in [1.165, 1.54) is 16.8 Å². The van der Waals surface area contributed by atoms with Crippen LogP contribution in [0, 0.1) is 12.7 Å². The monoisotopic (exact) mass is 303 g/mol. The van der Waals surface area contributed by atoms with Gasteiger partial charge in [0.2, 0.25) is 0 Å². The number of aliphatic imine (C=N–C) groups is 1. The third-order valence-electron chi connectivity index (χ3n) is 3.63. The Morgan fingerprint density at radius 1 is 1.27 bits per heavy atom. The van der Waals surface area contributed by atoms with E-state index in [0.717, 1.165) is 37.2 Å². The van der Waals surface area contributed by atoms with Crippen LogP contribution < -0.4 is 5.56 Å². The lowest BCUT2D eigenvalue weighted by Gasteiger charge is -2.00. The molecule has 0 amide bonds. The van der Waals surface area contributed by atoms with Gasteiger partial charge in [0, 0.05) is 18.0 Å². The maximum atomic E-state index is 13.0. The molecule has 0 unspecified atom stereocenters. The Morgan fingerprint density at radius 3 is 2.59 bits per heavy atom. The average Bonchev–Trinajstić information content (AvgIpc) is 2.79. The molecule has 0 saturated heterocycles. The highest BCUT2D eigenvalue weighted by Crippen LogP contribution is 2.09. The molecule has 0 aliphatic rings. The maximum Gasteiger partial charge on any atom is 0.280 e. The molecule has 0 atom stereocenters. The second kappa shape index (κ2) is 7.20. The minimum atomic E-state index is -0.325. The fourth-order valence-corrected chi connectivity index (χ4v) is 2.43. The minimum Gasteiger partial charge on any atom is -0.295 e. The van der Waals surface area contributed by atoms with Gasteiger partial charge in [-0.3, -0.25) is 14.9 Å². The largest absolute Gasteiger partial charge is 0.295 e. The van der Waals surface area contributed by atoms with E-state index in [-0.39, 0.29) is 11.4 Å². The van der Waals surface area contributed by atoms with Gasteiger partial charge in [-0.15, -0.1) is 0 Å². The molecule has 1 aromatic carbocycles. The number of aryl methyl sites for hydroxylation is 1. The third kappa shape index (κ3) is 3.53. The van der Waals surface area contributed by atoms with Gasteiger partial charge in [0.25, 0.3) is 5.56 Å². The smallest absolute Gasteiger partial charge is 0.280 e. The normalized spacial score (nSPS) is 11.9. The standard InChI is InChI=1S/C17H22FN3O/c1-4-5-6-11-19-12(2)16-13(3)20-21(17(16)22)15-9-7-14(18)8-10-15/h7-10,20H,4-6,11H2,1-3H3. The quantitative estimate of drug-likeness (QED) is 0.643. The molecule has 0 saturated carbocycles. The van der Waals surface area contributed by atoms with Gasteiger partial charge in [0.05, 0.1) is 11.3 Å². The van der Waals surface area contributed by atoms with E-state index in [2.05, 4.69) is 17.0 Å². The fourth-order valence-electron chi connectivity index (χ4n) is 2.43. The summed E-state index contributed by atoms with van der Waals surface area (Å²) in [7, 11) is 0. The average molecular weight is 303 g/mol. The summed E-state index contributed by atoms with van der Waals surface area (Å²) in [4.78, 5) is 17.1. The fraction of sp³-hybridized carbons (Fsp3) is 0.412. The number of halogens is 1. The molecule has 2 rings (SSSR count). The lowest BCUT2D eigenvalue weighted by atomic mass is 10.1. The van der Waals surface area contributed by atoms with E-state index in [4.69, 9.17) is 0 Å². The van der Waals surface area contributed by atoms with Crippen LogP contribution in [0.1, 0.15) is 44.4 Å². The molecule has 0 aliphatic heterocycles. The summed E-state index contributed by atoms with van der Waals surface area (Å²) in [5, 5.41) is 3.03. The molecule has 2 aromatic rings. The van der Waals surface area contributed by atoms with Crippen molar-refractivity contribution < 1.29 is 4.39 Å². The van der Waals surface area contributed by atoms with E-state index >= 15 is 0 Å². The van der Waals surface area contributed by atoms with Crippen LogP contribution in [0.25, 0.3) is 5.69 Å². The zero-order chi connectivity index (χ0) is 16.1. The van der Waals surface area contributed by atoms with Crippen LogP contribution >= 0.6 is 0 Å². The minimum absolute atomic E-state index is 0.152. The molecule has 1 N–H and O–H groups in total. The molecular weight excluding hydrogens is 281 g/mol. The summed E-state index contributed by atoms with van der Waals surface area (Å²) in [5.41, 5.74) is 2.57. The van der Waals surface area contributed by atoms with Crippen molar-refractivity contribution in [2.75, 3.05) is 6.54 Å². The maximum absolute atomic E-state index is 13.0. The van der Waals surface area contributed by atoms with Crippen molar-refractivity contribution in [3.05, 3.63) is 51.7 Å². The van der Waals surface area contributed by atoms with Crippen molar-refractivity contribution in [2.24, 2.45) is 4.99 Å². The van der Waals surface area contributed by atoms with Gasteiger partial charge in [-0.2, -0.15) is 0 Å². The molecule has 22 heavy (non-hydrogen) atoms. The zero-order valence-electron chi connectivity index (χ0n) is 13.3. The van der Waals surface area contributed by atoms with Crippen LogP contribution in [-0.4, -0.2) is 22.0 Å². The molecule has 1 heterocycles. The van der Waals surface area contributed by atoms with Gasteiger partial charge >= 0.3 is 0 Å². The highest BCUT2D eigenvalue weighted by molar-refractivity contribution is 5.99. The van der Waals surface area contributed by atoms with Crippen LogP contribution in [0.2, 0.25) is 0 Å². The van der Waals surface area contributed by atoms with Crippen molar-refractivity contribution in [3.8, 4) is 5.69 Å². The second-order valence-corrected chi connectivity index (χ2v) is 5.40. The Kier molecular flexibility index (Phi) is 5.31. The van der Waals surface area contributed by atoms with E-state index in [9.17, 15) is 9.18 Å². The molecule has 0 radical (unpaired) electrons. The first-order valence-electron chi connectivity index (χ1n) is 7.63. The molecule has 0 aliphatic carbocycles. The van der Waals surface area contributed by atoms with Gasteiger partial charge in [0.1, 0.15) is 5.82 Å². The van der Waals surface area contributed by atoms with E-state index in [1.807, 2.05) is 13.8 Å². The SMILES string of the molecule is CCCCCN=C(C)c1c(C)[nH]n(-c2ccc(F)cc2)c1=O. The number of hydrogen-bond acceptors (Lipinski definition) is 2. The first-order valence-corrected chi connectivity index (χ1v) is 7.63. The van der Waals surface area contributed by atoms with Gasteiger partial charge in [-0.05, 0) is 44.5 Å². The molecule has 0 fully saturated rings. The Bertz CT molecular complexity index is 710. The van der Waals surface area contributed by atoms with Crippen molar-refractivity contribution in [3.63, 3.8) is 0 Å².